The van der Waals surface area contributed by atoms with E-state index >= 15 is 0 Å². The molecule has 0 radical (unpaired) electrons. The number of carbonyl (C=O) groups excluding carboxylic acids is 1. The zero-order chi connectivity index (χ0) is 24.4. The van der Waals surface area contributed by atoms with Crippen LogP contribution in [0.2, 0.25) is 5.02 Å². The Morgan fingerprint density at radius 2 is 1.74 bits per heavy atom. The van der Waals surface area contributed by atoms with Gasteiger partial charge in [0.15, 0.2) is 0 Å². The Morgan fingerprint density at radius 3 is 2.49 bits per heavy atom. The molecule has 2 heterocycles. The number of likely N-dealkylation sites (tertiary alicyclic amines) is 1. The third-order valence-electron chi connectivity index (χ3n) is 6.82. The van der Waals surface area contributed by atoms with E-state index in [0.717, 1.165) is 53.5 Å². The van der Waals surface area contributed by atoms with Gasteiger partial charge in [-0.3, -0.25) is 4.79 Å². The van der Waals surface area contributed by atoms with Crippen LogP contribution in [-0.2, 0) is 11.3 Å². The van der Waals surface area contributed by atoms with E-state index in [1.165, 1.54) is 12.1 Å². The summed E-state index contributed by atoms with van der Waals surface area (Å²) in [6.07, 6.45) is 4.40. The first-order valence-electron chi connectivity index (χ1n) is 11.8. The van der Waals surface area contributed by atoms with Gasteiger partial charge in [-0.25, -0.2) is 4.39 Å². The maximum Gasteiger partial charge on any atom is 0.223 e. The van der Waals surface area contributed by atoms with Crippen LogP contribution in [0.5, 0.6) is 0 Å². The van der Waals surface area contributed by atoms with E-state index in [1.807, 2.05) is 29.2 Å². The van der Waals surface area contributed by atoms with E-state index in [2.05, 4.69) is 29.0 Å². The Morgan fingerprint density at radius 1 is 1.00 bits per heavy atom. The Hall–Kier alpha value is -3.62. The summed E-state index contributed by atoms with van der Waals surface area (Å²) < 4.78 is 15.6. The highest BCUT2D eigenvalue weighted by Gasteiger charge is 2.28. The number of benzene rings is 3. The monoisotopic (exact) mass is 485 g/mol. The van der Waals surface area contributed by atoms with Crippen molar-refractivity contribution in [1.82, 2.24) is 9.47 Å². The minimum absolute atomic E-state index is 0.0984. The number of hydrogen-bond donors (Lipinski definition) is 0. The number of rotatable bonds is 6. The van der Waals surface area contributed by atoms with Crippen LogP contribution in [0, 0.1) is 17.1 Å². The van der Waals surface area contributed by atoms with E-state index in [0.29, 0.717) is 17.1 Å². The molecule has 0 aliphatic carbocycles. The molecule has 4 aromatic rings. The summed E-state index contributed by atoms with van der Waals surface area (Å²) in [5.74, 6) is -0.469. The molecule has 0 saturated carbocycles. The van der Waals surface area contributed by atoms with Crippen LogP contribution in [0.3, 0.4) is 0 Å². The second-order valence-electron chi connectivity index (χ2n) is 9.02. The number of halogens is 2. The first-order chi connectivity index (χ1) is 17.0. The molecule has 1 amide bonds. The van der Waals surface area contributed by atoms with Crippen molar-refractivity contribution >= 4 is 28.4 Å². The lowest BCUT2D eigenvalue weighted by Crippen LogP contribution is -2.29. The largest absolute Gasteiger partial charge is 0.343 e. The highest BCUT2D eigenvalue weighted by Crippen LogP contribution is 2.39. The lowest BCUT2D eigenvalue weighted by molar-refractivity contribution is -0.130. The summed E-state index contributed by atoms with van der Waals surface area (Å²) in [4.78, 5) is 15.2. The number of hydrogen-bond acceptors (Lipinski definition) is 2. The molecular weight excluding hydrogens is 461 g/mol. The SMILES string of the molecule is N#Cc1cccc([C@@H](CC(=O)N2CCCC2)c2cn(Cc3ccc(F)cc3)c3ccccc23)c1Cl. The number of nitrogens with zero attached hydrogens (tertiary/aromatic N) is 3. The molecule has 35 heavy (non-hydrogen) atoms. The molecule has 1 atom stereocenters. The Labute approximate surface area is 209 Å². The molecule has 1 aromatic heterocycles. The van der Waals surface area contributed by atoms with Crippen molar-refractivity contribution in [3.05, 3.63) is 106 Å². The summed E-state index contributed by atoms with van der Waals surface area (Å²) in [6.45, 7) is 2.13. The molecule has 0 unspecified atom stereocenters. The quantitative estimate of drug-likeness (QED) is 0.313. The molecular formula is C29H25ClFN3O. The van der Waals surface area contributed by atoms with Gasteiger partial charge in [0.2, 0.25) is 5.91 Å². The molecule has 1 fully saturated rings. The molecule has 3 aromatic carbocycles. The van der Waals surface area contributed by atoms with Gasteiger partial charge >= 0.3 is 0 Å². The van der Waals surface area contributed by atoms with Crippen molar-refractivity contribution in [2.75, 3.05) is 13.1 Å². The summed E-state index contributed by atoms with van der Waals surface area (Å²) in [5.41, 5.74) is 4.18. The van der Waals surface area contributed by atoms with Crippen LogP contribution >= 0.6 is 11.6 Å². The standard InChI is InChI=1S/C29H25ClFN3O/c30-29-21(17-32)6-5-8-24(29)25(16-28(35)33-14-3-4-15-33)26-19-34(27-9-2-1-7-23(26)27)18-20-10-12-22(31)13-11-20/h1-2,5-13,19,25H,3-4,14-16,18H2/t25-/m1/s1. The maximum absolute atomic E-state index is 13.4. The fourth-order valence-electron chi connectivity index (χ4n) is 5.03. The van der Waals surface area contributed by atoms with Crippen LogP contribution in [-0.4, -0.2) is 28.5 Å². The first-order valence-corrected chi connectivity index (χ1v) is 12.2. The predicted molar refractivity (Wildman–Crippen MR) is 136 cm³/mol. The third kappa shape index (κ3) is 4.67. The van der Waals surface area contributed by atoms with Gasteiger partial charge < -0.3 is 9.47 Å². The summed E-state index contributed by atoms with van der Waals surface area (Å²) >= 11 is 6.71. The van der Waals surface area contributed by atoms with Gasteiger partial charge in [-0.2, -0.15) is 5.26 Å². The fraction of sp³-hybridized carbons (Fsp3) is 0.241. The number of carbonyl (C=O) groups is 1. The van der Waals surface area contributed by atoms with Crippen LogP contribution in [0.15, 0.2) is 72.9 Å². The van der Waals surface area contributed by atoms with Crippen molar-refractivity contribution < 1.29 is 9.18 Å². The van der Waals surface area contributed by atoms with Crippen molar-refractivity contribution in [2.24, 2.45) is 0 Å². The molecule has 0 spiro atoms. The van der Waals surface area contributed by atoms with Crippen LogP contribution < -0.4 is 0 Å². The van der Waals surface area contributed by atoms with Crippen LogP contribution in [0.25, 0.3) is 10.9 Å². The number of aromatic nitrogens is 1. The van der Waals surface area contributed by atoms with E-state index in [1.54, 1.807) is 18.2 Å². The van der Waals surface area contributed by atoms with Crippen molar-refractivity contribution in [3.8, 4) is 6.07 Å². The number of nitriles is 1. The zero-order valence-electron chi connectivity index (χ0n) is 19.3. The fourth-order valence-corrected chi connectivity index (χ4v) is 5.33. The van der Waals surface area contributed by atoms with Gasteiger partial charge in [0, 0.05) is 49.1 Å². The van der Waals surface area contributed by atoms with Gasteiger partial charge in [-0.15, -0.1) is 0 Å². The van der Waals surface area contributed by atoms with Crippen molar-refractivity contribution in [3.63, 3.8) is 0 Å². The zero-order valence-corrected chi connectivity index (χ0v) is 20.0. The Bertz CT molecular complexity index is 1410. The molecule has 0 N–H and O–H groups in total. The van der Waals surface area contributed by atoms with E-state index in [4.69, 9.17) is 11.6 Å². The van der Waals surface area contributed by atoms with Crippen molar-refractivity contribution in [2.45, 2.75) is 31.7 Å². The highest BCUT2D eigenvalue weighted by molar-refractivity contribution is 6.32. The third-order valence-corrected chi connectivity index (χ3v) is 7.24. The summed E-state index contributed by atoms with van der Waals surface area (Å²) in [6, 6.07) is 22.2. The second kappa shape index (κ2) is 9.93. The Balaban J connectivity index is 1.62. The van der Waals surface area contributed by atoms with E-state index < -0.39 is 0 Å². The van der Waals surface area contributed by atoms with Crippen molar-refractivity contribution in [1.29, 1.82) is 5.26 Å². The first kappa shape index (κ1) is 23.1. The van der Waals surface area contributed by atoms with Gasteiger partial charge in [-0.05, 0) is 53.8 Å². The number of fused-ring (bicyclic) bond motifs is 1. The van der Waals surface area contributed by atoms with Gasteiger partial charge in [0.1, 0.15) is 11.9 Å². The van der Waals surface area contributed by atoms with E-state index in [9.17, 15) is 14.4 Å². The molecule has 5 rings (SSSR count). The molecule has 176 valence electrons. The van der Waals surface area contributed by atoms with Gasteiger partial charge in [-0.1, -0.05) is 54.1 Å². The van der Waals surface area contributed by atoms with Crippen LogP contribution in [0.4, 0.5) is 4.39 Å². The summed E-state index contributed by atoms with van der Waals surface area (Å²) in [5, 5.41) is 11.0. The minimum Gasteiger partial charge on any atom is -0.343 e. The molecule has 0 bridgehead atoms. The van der Waals surface area contributed by atoms with E-state index in [-0.39, 0.29) is 24.1 Å². The average Bonchev–Trinajstić information content (AvgIpc) is 3.54. The smallest absolute Gasteiger partial charge is 0.223 e. The van der Waals surface area contributed by atoms with Gasteiger partial charge in [0.25, 0.3) is 0 Å². The number of para-hydroxylation sites is 1. The summed E-state index contributed by atoms with van der Waals surface area (Å²) in [7, 11) is 0. The predicted octanol–water partition coefficient (Wildman–Crippen LogP) is 6.50. The highest BCUT2D eigenvalue weighted by atomic mass is 35.5. The Kier molecular flexibility index (Phi) is 6.57. The normalized spacial score (nSPS) is 14.3. The molecule has 4 nitrogen and oxygen atoms in total. The lowest BCUT2D eigenvalue weighted by Gasteiger charge is -2.22. The van der Waals surface area contributed by atoms with Gasteiger partial charge in [0.05, 0.1) is 10.6 Å². The molecule has 6 heteroatoms. The topological polar surface area (TPSA) is 49.0 Å². The minimum atomic E-state index is -0.303. The molecule has 1 aliphatic heterocycles. The molecule has 1 aliphatic rings. The maximum atomic E-state index is 13.4. The average molecular weight is 486 g/mol. The number of amides is 1. The van der Waals surface area contributed by atoms with Crippen LogP contribution in [0.1, 0.15) is 47.4 Å². The second-order valence-corrected chi connectivity index (χ2v) is 9.40. The lowest BCUT2D eigenvalue weighted by atomic mass is 9.87. The molecule has 1 saturated heterocycles.